The summed E-state index contributed by atoms with van der Waals surface area (Å²) < 4.78 is 25.9. The Kier molecular flexibility index (Phi) is 4.77. The maximum absolute atomic E-state index is 11.8. The highest BCUT2D eigenvalue weighted by Crippen LogP contribution is 2.22. The molecule has 21 heavy (non-hydrogen) atoms. The van der Waals surface area contributed by atoms with E-state index in [1.54, 1.807) is 24.3 Å². The molecule has 0 saturated heterocycles. The van der Waals surface area contributed by atoms with Gasteiger partial charge in [0.05, 0.1) is 4.90 Å². The SMILES string of the molecule is C=Cc1cc(S(=O)(=O)NC)ccc1NCc1ccccc1. The smallest absolute Gasteiger partial charge is 0.240 e. The van der Waals surface area contributed by atoms with Crippen LogP contribution in [0.15, 0.2) is 60.0 Å². The third-order valence-corrected chi connectivity index (χ3v) is 4.56. The fourth-order valence-electron chi connectivity index (χ4n) is 1.95. The second-order valence-corrected chi connectivity index (χ2v) is 6.39. The zero-order valence-electron chi connectivity index (χ0n) is 11.8. The van der Waals surface area contributed by atoms with Crippen LogP contribution in [0, 0.1) is 0 Å². The highest BCUT2D eigenvalue weighted by Gasteiger charge is 2.12. The first kappa shape index (κ1) is 15.3. The third-order valence-electron chi connectivity index (χ3n) is 3.15. The molecule has 2 rings (SSSR count). The fourth-order valence-corrected chi connectivity index (χ4v) is 2.71. The van der Waals surface area contributed by atoms with Crippen molar-refractivity contribution in [3.8, 4) is 0 Å². The molecule has 0 aliphatic heterocycles. The Balaban J connectivity index is 2.23. The molecule has 0 atom stereocenters. The first-order valence-electron chi connectivity index (χ1n) is 6.54. The van der Waals surface area contributed by atoms with Crippen LogP contribution in [-0.2, 0) is 16.6 Å². The van der Waals surface area contributed by atoms with Crippen molar-refractivity contribution in [1.82, 2.24) is 4.72 Å². The van der Waals surface area contributed by atoms with Gasteiger partial charge in [-0.2, -0.15) is 0 Å². The van der Waals surface area contributed by atoms with Crippen LogP contribution in [0.4, 0.5) is 5.69 Å². The van der Waals surface area contributed by atoms with Gasteiger partial charge in [-0.05, 0) is 36.4 Å². The predicted octanol–water partition coefficient (Wildman–Crippen LogP) is 2.85. The Morgan fingerprint density at radius 3 is 2.48 bits per heavy atom. The summed E-state index contributed by atoms with van der Waals surface area (Å²) in [6.45, 7) is 4.41. The largest absolute Gasteiger partial charge is 0.380 e. The molecule has 5 heteroatoms. The molecular formula is C16H18N2O2S. The molecule has 0 aliphatic carbocycles. The van der Waals surface area contributed by atoms with Crippen LogP contribution in [-0.4, -0.2) is 15.5 Å². The monoisotopic (exact) mass is 302 g/mol. The van der Waals surface area contributed by atoms with Gasteiger partial charge in [0.2, 0.25) is 10.0 Å². The van der Waals surface area contributed by atoms with Crippen molar-refractivity contribution in [2.45, 2.75) is 11.4 Å². The summed E-state index contributed by atoms with van der Waals surface area (Å²) in [5.41, 5.74) is 2.76. The van der Waals surface area contributed by atoms with Gasteiger partial charge in [0.1, 0.15) is 0 Å². The molecule has 0 fully saturated rings. The third kappa shape index (κ3) is 3.71. The van der Waals surface area contributed by atoms with Gasteiger partial charge in [-0.1, -0.05) is 43.0 Å². The summed E-state index contributed by atoms with van der Waals surface area (Å²) in [5, 5.41) is 3.29. The molecule has 0 amide bonds. The van der Waals surface area contributed by atoms with Crippen LogP contribution in [0.1, 0.15) is 11.1 Å². The van der Waals surface area contributed by atoms with Gasteiger partial charge < -0.3 is 5.32 Å². The lowest BCUT2D eigenvalue weighted by Crippen LogP contribution is -2.18. The normalized spacial score (nSPS) is 11.1. The first-order chi connectivity index (χ1) is 10.1. The standard InChI is InChI=1S/C16H18N2O2S/c1-3-14-11-15(21(19,20)17-2)9-10-16(14)18-12-13-7-5-4-6-8-13/h3-11,17-18H,1,12H2,2H3. The van der Waals surface area contributed by atoms with Crippen LogP contribution in [0.2, 0.25) is 0 Å². The van der Waals surface area contributed by atoms with Crippen molar-refractivity contribution >= 4 is 21.8 Å². The van der Waals surface area contributed by atoms with Gasteiger partial charge in [-0.3, -0.25) is 0 Å². The minimum Gasteiger partial charge on any atom is -0.380 e. The second kappa shape index (κ2) is 6.56. The quantitative estimate of drug-likeness (QED) is 0.862. The Morgan fingerprint density at radius 1 is 1.14 bits per heavy atom. The Bertz CT molecular complexity index is 725. The molecule has 2 aromatic carbocycles. The van der Waals surface area contributed by atoms with Gasteiger partial charge in [0.25, 0.3) is 0 Å². The summed E-state index contributed by atoms with van der Waals surface area (Å²) in [5.74, 6) is 0. The lowest BCUT2D eigenvalue weighted by molar-refractivity contribution is 0.588. The van der Waals surface area contributed by atoms with E-state index in [1.807, 2.05) is 30.3 Å². The predicted molar refractivity (Wildman–Crippen MR) is 86.5 cm³/mol. The molecule has 0 bridgehead atoms. The highest BCUT2D eigenvalue weighted by molar-refractivity contribution is 7.89. The van der Waals surface area contributed by atoms with E-state index in [1.165, 1.54) is 7.05 Å². The van der Waals surface area contributed by atoms with E-state index in [0.29, 0.717) is 6.54 Å². The zero-order valence-corrected chi connectivity index (χ0v) is 12.7. The number of rotatable bonds is 6. The molecule has 0 unspecified atom stereocenters. The van der Waals surface area contributed by atoms with E-state index in [-0.39, 0.29) is 4.90 Å². The van der Waals surface area contributed by atoms with Gasteiger partial charge in [-0.25, -0.2) is 13.1 Å². The Hall–Kier alpha value is -2.11. The molecule has 0 aliphatic rings. The molecule has 0 radical (unpaired) electrons. The topological polar surface area (TPSA) is 58.2 Å². The van der Waals surface area contributed by atoms with Crippen molar-refractivity contribution in [3.63, 3.8) is 0 Å². The average molecular weight is 302 g/mol. The van der Waals surface area contributed by atoms with Gasteiger partial charge in [-0.15, -0.1) is 0 Å². The minimum absolute atomic E-state index is 0.227. The van der Waals surface area contributed by atoms with E-state index >= 15 is 0 Å². The first-order valence-corrected chi connectivity index (χ1v) is 8.03. The Morgan fingerprint density at radius 2 is 1.86 bits per heavy atom. The number of nitrogens with one attached hydrogen (secondary N) is 2. The van der Waals surface area contributed by atoms with Crippen LogP contribution in [0.5, 0.6) is 0 Å². The van der Waals surface area contributed by atoms with Crippen LogP contribution in [0.25, 0.3) is 6.08 Å². The lowest BCUT2D eigenvalue weighted by Gasteiger charge is -2.12. The fraction of sp³-hybridized carbons (Fsp3) is 0.125. The number of sulfonamides is 1. The number of hydrogen-bond donors (Lipinski definition) is 2. The summed E-state index contributed by atoms with van der Waals surface area (Å²) >= 11 is 0. The molecular weight excluding hydrogens is 284 g/mol. The number of anilines is 1. The van der Waals surface area contributed by atoms with E-state index in [4.69, 9.17) is 0 Å². The molecule has 0 saturated carbocycles. The van der Waals surface area contributed by atoms with Crippen molar-refractivity contribution in [3.05, 3.63) is 66.2 Å². The molecule has 0 heterocycles. The van der Waals surface area contributed by atoms with E-state index in [2.05, 4.69) is 16.6 Å². The van der Waals surface area contributed by atoms with E-state index in [9.17, 15) is 8.42 Å². The lowest BCUT2D eigenvalue weighted by atomic mass is 10.1. The number of benzene rings is 2. The van der Waals surface area contributed by atoms with Crippen LogP contribution in [0.3, 0.4) is 0 Å². The summed E-state index contributed by atoms with van der Waals surface area (Å²) in [4.78, 5) is 0.227. The molecule has 0 aromatic heterocycles. The maximum atomic E-state index is 11.8. The van der Waals surface area contributed by atoms with Crippen molar-refractivity contribution in [2.24, 2.45) is 0 Å². The summed E-state index contributed by atoms with van der Waals surface area (Å²) in [6.07, 6.45) is 1.64. The molecule has 0 spiro atoms. The Labute approximate surface area is 125 Å². The summed E-state index contributed by atoms with van der Waals surface area (Å²) in [6, 6.07) is 14.9. The second-order valence-electron chi connectivity index (χ2n) is 4.50. The molecule has 4 nitrogen and oxygen atoms in total. The van der Waals surface area contributed by atoms with Gasteiger partial charge in [0, 0.05) is 12.2 Å². The molecule has 2 N–H and O–H groups in total. The van der Waals surface area contributed by atoms with E-state index < -0.39 is 10.0 Å². The van der Waals surface area contributed by atoms with Crippen molar-refractivity contribution in [2.75, 3.05) is 12.4 Å². The maximum Gasteiger partial charge on any atom is 0.240 e. The van der Waals surface area contributed by atoms with Gasteiger partial charge in [0.15, 0.2) is 0 Å². The van der Waals surface area contributed by atoms with E-state index in [0.717, 1.165) is 16.8 Å². The van der Waals surface area contributed by atoms with Gasteiger partial charge >= 0.3 is 0 Å². The van der Waals surface area contributed by atoms with Crippen molar-refractivity contribution in [1.29, 1.82) is 0 Å². The average Bonchev–Trinajstić information content (AvgIpc) is 2.53. The molecule has 110 valence electrons. The van der Waals surface area contributed by atoms with Crippen LogP contribution >= 0.6 is 0 Å². The highest BCUT2D eigenvalue weighted by atomic mass is 32.2. The summed E-state index contributed by atoms with van der Waals surface area (Å²) in [7, 11) is -2.05. The molecule has 2 aromatic rings. The number of hydrogen-bond acceptors (Lipinski definition) is 3. The minimum atomic E-state index is -3.44. The van der Waals surface area contributed by atoms with Crippen LogP contribution < -0.4 is 10.0 Å². The van der Waals surface area contributed by atoms with Crippen molar-refractivity contribution < 1.29 is 8.42 Å². The zero-order chi connectivity index (χ0) is 15.3.